The van der Waals surface area contributed by atoms with Gasteiger partial charge < -0.3 is 4.74 Å². The Labute approximate surface area is 155 Å². The predicted molar refractivity (Wildman–Crippen MR) is 96.8 cm³/mol. The molecule has 140 valence electrons. The fraction of sp³-hybridized carbons (Fsp3) is 0.100. The van der Waals surface area contributed by atoms with Crippen LogP contribution < -0.4 is 4.74 Å². The summed E-state index contributed by atoms with van der Waals surface area (Å²) in [5, 5.41) is 0. The number of benzene rings is 3. The van der Waals surface area contributed by atoms with Gasteiger partial charge in [0.1, 0.15) is 0 Å². The molecule has 0 unspecified atom stereocenters. The van der Waals surface area contributed by atoms with Crippen molar-refractivity contribution in [2.75, 3.05) is 13.4 Å². The van der Waals surface area contributed by atoms with Gasteiger partial charge in [0, 0.05) is 6.26 Å². The smallest absolute Gasteiger partial charge is 0.175 e. The number of hydrogen-bond donors (Lipinski definition) is 0. The third-order valence-electron chi connectivity index (χ3n) is 4.12. The molecule has 0 radical (unpaired) electrons. The van der Waals surface area contributed by atoms with E-state index in [0.717, 1.165) is 18.4 Å². The highest BCUT2D eigenvalue weighted by atomic mass is 32.2. The molecule has 0 aliphatic carbocycles. The van der Waals surface area contributed by atoms with Gasteiger partial charge >= 0.3 is 0 Å². The maximum Gasteiger partial charge on any atom is 0.175 e. The van der Waals surface area contributed by atoms with Crippen LogP contribution in [0.2, 0.25) is 0 Å². The second-order valence-electron chi connectivity index (χ2n) is 5.96. The van der Waals surface area contributed by atoms with Gasteiger partial charge in [0.25, 0.3) is 0 Å². The molecule has 3 rings (SSSR count). The van der Waals surface area contributed by atoms with Crippen LogP contribution in [0.15, 0.2) is 59.5 Å². The summed E-state index contributed by atoms with van der Waals surface area (Å²) in [7, 11) is -2.07. The highest BCUT2D eigenvalue weighted by Gasteiger charge is 2.16. The Balaban J connectivity index is 2.19. The van der Waals surface area contributed by atoms with Gasteiger partial charge in [0.15, 0.2) is 33.0 Å². The molecule has 0 bridgehead atoms. The van der Waals surface area contributed by atoms with E-state index in [-0.39, 0.29) is 16.2 Å². The highest BCUT2D eigenvalue weighted by Crippen LogP contribution is 2.36. The van der Waals surface area contributed by atoms with Crippen molar-refractivity contribution in [3.05, 3.63) is 72.0 Å². The van der Waals surface area contributed by atoms with E-state index in [1.54, 1.807) is 0 Å². The average molecular weight is 392 g/mol. The van der Waals surface area contributed by atoms with Crippen LogP contribution in [0.3, 0.4) is 0 Å². The van der Waals surface area contributed by atoms with E-state index < -0.39 is 27.3 Å². The molecular weight excluding hydrogens is 377 g/mol. The second kappa shape index (κ2) is 7.08. The predicted octanol–water partition coefficient (Wildman–Crippen LogP) is 4.85. The van der Waals surface area contributed by atoms with E-state index in [9.17, 15) is 21.6 Å². The first-order valence-corrected chi connectivity index (χ1v) is 9.73. The standard InChI is InChI=1S/C20H15F3O3S/c1-26-20-8-5-13(9-19(20)23)16-11-18(22)17(21)10-15(16)12-3-6-14(7-4-12)27(2,24)25/h3-11H,1-2H3. The number of hydrogen-bond acceptors (Lipinski definition) is 3. The van der Waals surface area contributed by atoms with E-state index in [1.807, 2.05) is 0 Å². The van der Waals surface area contributed by atoms with Crippen molar-refractivity contribution in [2.24, 2.45) is 0 Å². The highest BCUT2D eigenvalue weighted by molar-refractivity contribution is 7.90. The lowest BCUT2D eigenvalue weighted by atomic mass is 9.94. The Bertz CT molecular complexity index is 1110. The molecule has 0 aromatic heterocycles. The van der Waals surface area contributed by atoms with Crippen LogP contribution in [0.1, 0.15) is 0 Å². The van der Waals surface area contributed by atoms with E-state index in [0.29, 0.717) is 16.7 Å². The molecule has 0 amide bonds. The molecule has 27 heavy (non-hydrogen) atoms. The number of halogens is 3. The van der Waals surface area contributed by atoms with Gasteiger partial charge in [-0.2, -0.15) is 0 Å². The van der Waals surface area contributed by atoms with Gasteiger partial charge in [-0.15, -0.1) is 0 Å². The molecule has 0 aliphatic rings. The Hall–Kier alpha value is -2.80. The summed E-state index contributed by atoms with van der Waals surface area (Å²) in [5.74, 6) is -2.74. The van der Waals surface area contributed by atoms with Crippen molar-refractivity contribution in [3.63, 3.8) is 0 Å². The van der Waals surface area contributed by atoms with Gasteiger partial charge in [-0.25, -0.2) is 21.6 Å². The average Bonchev–Trinajstić information content (AvgIpc) is 2.63. The molecule has 0 N–H and O–H groups in total. The van der Waals surface area contributed by atoms with Crippen LogP contribution in [0.4, 0.5) is 13.2 Å². The van der Waals surface area contributed by atoms with E-state index >= 15 is 0 Å². The quantitative estimate of drug-likeness (QED) is 0.638. The molecule has 3 nitrogen and oxygen atoms in total. The van der Waals surface area contributed by atoms with E-state index in [1.165, 1.54) is 49.6 Å². The molecule has 7 heteroatoms. The van der Waals surface area contributed by atoms with Crippen molar-refractivity contribution < 1.29 is 26.3 Å². The zero-order valence-corrected chi connectivity index (χ0v) is 15.3. The van der Waals surface area contributed by atoms with Crippen LogP contribution in [0.5, 0.6) is 5.75 Å². The first-order chi connectivity index (χ1) is 12.7. The molecule has 0 aliphatic heterocycles. The molecule has 0 atom stereocenters. The lowest BCUT2D eigenvalue weighted by molar-refractivity contribution is 0.386. The van der Waals surface area contributed by atoms with Crippen molar-refractivity contribution >= 4 is 9.84 Å². The number of rotatable bonds is 4. The minimum absolute atomic E-state index is 0.0281. The SMILES string of the molecule is COc1ccc(-c2cc(F)c(F)cc2-c2ccc(S(C)(=O)=O)cc2)cc1F. The van der Waals surface area contributed by atoms with Gasteiger partial charge in [0.2, 0.25) is 0 Å². The van der Waals surface area contributed by atoms with Crippen LogP contribution >= 0.6 is 0 Å². The third-order valence-corrected chi connectivity index (χ3v) is 5.25. The maximum atomic E-state index is 14.1. The third kappa shape index (κ3) is 3.83. The van der Waals surface area contributed by atoms with Crippen LogP contribution in [0, 0.1) is 17.5 Å². The molecule has 0 fully saturated rings. The number of sulfone groups is 1. The molecule has 0 saturated heterocycles. The van der Waals surface area contributed by atoms with Crippen molar-refractivity contribution in [1.82, 2.24) is 0 Å². The molecular formula is C20H15F3O3S. The normalized spacial score (nSPS) is 11.4. The second-order valence-corrected chi connectivity index (χ2v) is 7.97. The summed E-state index contributed by atoms with van der Waals surface area (Å²) in [6.07, 6.45) is 1.07. The summed E-state index contributed by atoms with van der Waals surface area (Å²) in [6, 6.07) is 11.8. The molecule has 0 spiro atoms. The van der Waals surface area contributed by atoms with E-state index in [4.69, 9.17) is 4.74 Å². The topological polar surface area (TPSA) is 43.4 Å². The fourth-order valence-electron chi connectivity index (χ4n) is 2.74. The van der Waals surface area contributed by atoms with Gasteiger partial charge in [-0.3, -0.25) is 0 Å². The number of methoxy groups -OCH3 is 1. The lowest BCUT2D eigenvalue weighted by Crippen LogP contribution is -1.97. The van der Waals surface area contributed by atoms with E-state index in [2.05, 4.69) is 0 Å². The summed E-state index contributed by atoms with van der Waals surface area (Å²) < 4.78 is 69.9. The first kappa shape index (κ1) is 19.0. The van der Waals surface area contributed by atoms with Crippen molar-refractivity contribution in [1.29, 1.82) is 0 Å². The Morgan fingerprint density at radius 2 is 1.26 bits per heavy atom. The monoisotopic (exact) mass is 392 g/mol. The summed E-state index contributed by atoms with van der Waals surface area (Å²) in [6.45, 7) is 0. The Kier molecular flexibility index (Phi) is 4.97. The minimum atomic E-state index is -3.39. The van der Waals surface area contributed by atoms with Crippen LogP contribution in [-0.4, -0.2) is 21.8 Å². The fourth-order valence-corrected chi connectivity index (χ4v) is 3.37. The zero-order chi connectivity index (χ0) is 19.8. The van der Waals surface area contributed by atoms with Crippen LogP contribution in [-0.2, 0) is 9.84 Å². The maximum absolute atomic E-state index is 14.1. The first-order valence-electron chi connectivity index (χ1n) is 7.84. The Morgan fingerprint density at radius 3 is 1.74 bits per heavy atom. The van der Waals surface area contributed by atoms with Gasteiger partial charge in [0.05, 0.1) is 12.0 Å². The molecule has 3 aromatic rings. The molecule has 3 aromatic carbocycles. The summed E-state index contributed by atoms with van der Waals surface area (Å²) >= 11 is 0. The molecule has 0 heterocycles. The Morgan fingerprint density at radius 1 is 0.741 bits per heavy atom. The van der Waals surface area contributed by atoms with Crippen molar-refractivity contribution in [2.45, 2.75) is 4.90 Å². The van der Waals surface area contributed by atoms with Gasteiger partial charge in [-0.05, 0) is 58.7 Å². The largest absolute Gasteiger partial charge is 0.494 e. The van der Waals surface area contributed by atoms with Crippen molar-refractivity contribution in [3.8, 4) is 28.0 Å². The minimum Gasteiger partial charge on any atom is -0.494 e. The zero-order valence-electron chi connectivity index (χ0n) is 14.5. The van der Waals surface area contributed by atoms with Crippen LogP contribution in [0.25, 0.3) is 22.3 Å². The molecule has 0 saturated carbocycles. The summed E-state index contributed by atoms with van der Waals surface area (Å²) in [4.78, 5) is 0.103. The summed E-state index contributed by atoms with van der Waals surface area (Å²) in [5.41, 5.74) is 1.36. The lowest BCUT2D eigenvalue weighted by Gasteiger charge is -2.13. The number of ether oxygens (including phenoxy) is 1. The van der Waals surface area contributed by atoms with Gasteiger partial charge in [-0.1, -0.05) is 18.2 Å².